The van der Waals surface area contributed by atoms with Crippen molar-refractivity contribution in [2.45, 2.75) is 20.8 Å². The van der Waals surface area contributed by atoms with Crippen LogP contribution in [0, 0.1) is 20.8 Å². The lowest BCUT2D eigenvalue weighted by Crippen LogP contribution is -2.31. The molecule has 0 fully saturated rings. The van der Waals surface area contributed by atoms with Gasteiger partial charge in [0.1, 0.15) is 0 Å². The molecule has 3 heteroatoms. The SMILES string of the molecule is C=CCNC(=O)C(=O)c1c(C)cc(C)cc1C. The van der Waals surface area contributed by atoms with Crippen LogP contribution in [0.25, 0.3) is 0 Å². The van der Waals surface area contributed by atoms with Crippen molar-refractivity contribution in [3.63, 3.8) is 0 Å². The van der Waals surface area contributed by atoms with Gasteiger partial charge in [-0.3, -0.25) is 9.59 Å². The van der Waals surface area contributed by atoms with Crippen molar-refractivity contribution in [1.82, 2.24) is 5.32 Å². The van der Waals surface area contributed by atoms with E-state index in [0.29, 0.717) is 12.1 Å². The number of carbonyl (C=O) groups is 2. The predicted octanol–water partition coefficient (Wildman–Crippen LogP) is 2.10. The fraction of sp³-hybridized carbons (Fsp3) is 0.286. The first-order valence-electron chi connectivity index (χ1n) is 5.48. The van der Waals surface area contributed by atoms with E-state index in [9.17, 15) is 9.59 Å². The molecule has 0 radical (unpaired) electrons. The molecule has 0 bridgehead atoms. The fourth-order valence-corrected chi connectivity index (χ4v) is 1.90. The number of hydrogen-bond donors (Lipinski definition) is 1. The second kappa shape index (κ2) is 5.43. The molecule has 17 heavy (non-hydrogen) atoms. The van der Waals surface area contributed by atoms with Crippen LogP contribution >= 0.6 is 0 Å². The molecule has 0 aliphatic rings. The Hall–Kier alpha value is -1.90. The number of Topliss-reactive ketones (excluding diaryl/α,β-unsaturated/α-hetero) is 1. The highest BCUT2D eigenvalue weighted by atomic mass is 16.2. The molecule has 0 spiro atoms. The first-order chi connectivity index (χ1) is 7.97. The van der Waals surface area contributed by atoms with Crippen LogP contribution in [0.5, 0.6) is 0 Å². The number of nitrogens with one attached hydrogen (secondary N) is 1. The van der Waals surface area contributed by atoms with E-state index in [1.54, 1.807) is 6.08 Å². The van der Waals surface area contributed by atoms with Crippen molar-refractivity contribution in [2.75, 3.05) is 6.54 Å². The van der Waals surface area contributed by atoms with Gasteiger partial charge in [-0.05, 0) is 31.9 Å². The van der Waals surface area contributed by atoms with Crippen molar-refractivity contribution in [1.29, 1.82) is 0 Å². The van der Waals surface area contributed by atoms with Crippen molar-refractivity contribution >= 4 is 11.7 Å². The van der Waals surface area contributed by atoms with Crippen molar-refractivity contribution in [3.8, 4) is 0 Å². The lowest BCUT2D eigenvalue weighted by atomic mass is 9.96. The molecule has 0 saturated heterocycles. The van der Waals surface area contributed by atoms with Gasteiger partial charge in [-0.15, -0.1) is 6.58 Å². The number of carbonyl (C=O) groups excluding carboxylic acids is 2. The van der Waals surface area contributed by atoms with Crippen LogP contribution in [-0.2, 0) is 4.79 Å². The smallest absolute Gasteiger partial charge is 0.292 e. The molecule has 90 valence electrons. The standard InChI is InChI=1S/C14H17NO2/c1-5-6-15-14(17)13(16)12-10(3)7-9(2)8-11(12)4/h5,7-8H,1,6H2,2-4H3,(H,15,17). The van der Waals surface area contributed by atoms with E-state index in [0.717, 1.165) is 16.7 Å². The number of rotatable bonds is 4. The Morgan fingerprint density at radius 2 is 1.76 bits per heavy atom. The van der Waals surface area contributed by atoms with Crippen LogP contribution in [0.3, 0.4) is 0 Å². The first kappa shape index (κ1) is 13.2. The van der Waals surface area contributed by atoms with Gasteiger partial charge in [-0.25, -0.2) is 0 Å². The Morgan fingerprint density at radius 1 is 1.24 bits per heavy atom. The van der Waals surface area contributed by atoms with E-state index in [-0.39, 0.29) is 0 Å². The first-order valence-corrected chi connectivity index (χ1v) is 5.48. The van der Waals surface area contributed by atoms with Gasteiger partial charge in [0.2, 0.25) is 0 Å². The van der Waals surface area contributed by atoms with Gasteiger partial charge in [0.15, 0.2) is 0 Å². The van der Waals surface area contributed by atoms with Crippen LogP contribution in [0.4, 0.5) is 0 Å². The van der Waals surface area contributed by atoms with Gasteiger partial charge in [-0.2, -0.15) is 0 Å². The fourth-order valence-electron chi connectivity index (χ4n) is 1.90. The molecule has 0 aliphatic heterocycles. The minimum absolute atomic E-state index is 0.300. The minimum Gasteiger partial charge on any atom is -0.346 e. The van der Waals surface area contributed by atoms with E-state index in [2.05, 4.69) is 11.9 Å². The number of amides is 1. The third kappa shape index (κ3) is 3.03. The molecule has 0 saturated carbocycles. The normalized spacial score (nSPS) is 9.82. The summed E-state index contributed by atoms with van der Waals surface area (Å²) in [5.41, 5.74) is 3.25. The highest BCUT2D eigenvalue weighted by Gasteiger charge is 2.19. The summed E-state index contributed by atoms with van der Waals surface area (Å²) >= 11 is 0. The zero-order chi connectivity index (χ0) is 13.0. The van der Waals surface area contributed by atoms with E-state index in [1.165, 1.54) is 0 Å². The van der Waals surface area contributed by atoms with Gasteiger partial charge in [-0.1, -0.05) is 23.8 Å². The summed E-state index contributed by atoms with van der Waals surface area (Å²) in [4.78, 5) is 23.5. The minimum atomic E-state index is -0.583. The molecular weight excluding hydrogens is 214 g/mol. The van der Waals surface area contributed by atoms with Crippen molar-refractivity contribution in [3.05, 3.63) is 47.0 Å². The second-order valence-electron chi connectivity index (χ2n) is 4.10. The van der Waals surface area contributed by atoms with E-state index < -0.39 is 11.7 Å². The zero-order valence-corrected chi connectivity index (χ0v) is 10.5. The molecule has 0 unspecified atom stereocenters. The Morgan fingerprint density at radius 3 is 2.24 bits per heavy atom. The summed E-state index contributed by atoms with van der Waals surface area (Å²) < 4.78 is 0. The molecule has 1 aromatic rings. The van der Waals surface area contributed by atoms with E-state index in [4.69, 9.17) is 0 Å². The average Bonchev–Trinajstić information content (AvgIpc) is 2.24. The summed E-state index contributed by atoms with van der Waals surface area (Å²) in [5, 5.41) is 2.49. The van der Waals surface area contributed by atoms with Gasteiger partial charge < -0.3 is 5.32 Å². The largest absolute Gasteiger partial charge is 0.346 e. The van der Waals surface area contributed by atoms with Crippen molar-refractivity contribution < 1.29 is 9.59 Å². The van der Waals surface area contributed by atoms with Gasteiger partial charge in [0.05, 0.1) is 0 Å². The maximum Gasteiger partial charge on any atom is 0.292 e. The lowest BCUT2D eigenvalue weighted by molar-refractivity contribution is -0.116. The Labute approximate surface area is 102 Å². The Bertz CT molecular complexity index is 452. The predicted molar refractivity (Wildman–Crippen MR) is 68.2 cm³/mol. The van der Waals surface area contributed by atoms with Gasteiger partial charge in [0, 0.05) is 12.1 Å². The maximum atomic E-state index is 12.0. The topological polar surface area (TPSA) is 46.2 Å². The molecule has 0 aliphatic carbocycles. The van der Waals surface area contributed by atoms with Crippen LogP contribution < -0.4 is 5.32 Å². The molecule has 0 atom stereocenters. The molecule has 1 rings (SSSR count). The summed E-state index contributed by atoms with van der Waals surface area (Å²) in [6.07, 6.45) is 1.54. The molecule has 1 N–H and O–H groups in total. The Kier molecular flexibility index (Phi) is 4.21. The third-order valence-corrected chi connectivity index (χ3v) is 2.52. The number of benzene rings is 1. The summed E-state index contributed by atoms with van der Waals surface area (Å²) in [6.45, 7) is 9.43. The summed E-state index contributed by atoms with van der Waals surface area (Å²) in [6, 6.07) is 3.81. The number of aryl methyl sites for hydroxylation is 3. The monoisotopic (exact) mass is 231 g/mol. The van der Waals surface area contributed by atoms with E-state index >= 15 is 0 Å². The Balaban J connectivity index is 3.04. The molecular formula is C14H17NO2. The lowest BCUT2D eigenvalue weighted by Gasteiger charge is -2.09. The number of hydrogen-bond acceptors (Lipinski definition) is 2. The molecule has 3 nitrogen and oxygen atoms in total. The van der Waals surface area contributed by atoms with Crippen LogP contribution in [0.2, 0.25) is 0 Å². The third-order valence-electron chi connectivity index (χ3n) is 2.52. The quantitative estimate of drug-likeness (QED) is 0.490. The summed E-state index contributed by atoms with van der Waals surface area (Å²) in [5.74, 6) is -1.07. The average molecular weight is 231 g/mol. The van der Waals surface area contributed by atoms with Crippen molar-refractivity contribution in [2.24, 2.45) is 0 Å². The van der Waals surface area contributed by atoms with Gasteiger partial charge >= 0.3 is 0 Å². The highest BCUT2D eigenvalue weighted by molar-refractivity contribution is 6.43. The number of ketones is 1. The molecule has 1 amide bonds. The zero-order valence-electron chi connectivity index (χ0n) is 10.5. The van der Waals surface area contributed by atoms with Crippen LogP contribution in [-0.4, -0.2) is 18.2 Å². The summed E-state index contributed by atoms with van der Waals surface area (Å²) in [7, 11) is 0. The maximum absolute atomic E-state index is 12.0. The van der Waals surface area contributed by atoms with E-state index in [1.807, 2.05) is 32.9 Å². The van der Waals surface area contributed by atoms with Crippen LogP contribution in [0.1, 0.15) is 27.0 Å². The van der Waals surface area contributed by atoms with Crippen LogP contribution in [0.15, 0.2) is 24.8 Å². The molecule has 0 aromatic heterocycles. The van der Waals surface area contributed by atoms with Gasteiger partial charge in [0.25, 0.3) is 11.7 Å². The second-order valence-corrected chi connectivity index (χ2v) is 4.10. The molecule has 0 heterocycles. The highest BCUT2D eigenvalue weighted by Crippen LogP contribution is 2.16. The molecule has 1 aromatic carbocycles.